The van der Waals surface area contributed by atoms with E-state index in [0.29, 0.717) is 0 Å². The predicted molar refractivity (Wildman–Crippen MR) is 117 cm³/mol. The number of rotatable bonds is 2. The van der Waals surface area contributed by atoms with Gasteiger partial charge in [-0.2, -0.15) is 0 Å². The molecule has 0 unspecified atom stereocenters. The number of phenolic OH excluding ortho intramolecular Hbond substituents is 1. The third kappa shape index (κ3) is 4.04. The number of carbonyl (C=O) groups is 1. The summed E-state index contributed by atoms with van der Waals surface area (Å²) in [5.74, 6) is -3.22. The SMILES string of the molecule is [2H]c1nc2ccccc2c(O)c1C(=O)Nc1c([2H])c(O)c(C(C([2H])([2H])[2H])(C([2H])([2H])[2H])C([2H])([2H])[2H])c([2H])c1C(C)(C)C. The molecular weight excluding hydrogens is 364 g/mol. The Morgan fingerprint density at radius 3 is 2.41 bits per heavy atom. The van der Waals surface area contributed by atoms with Crippen molar-refractivity contribution >= 4 is 22.5 Å². The molecule has 1 heterocycles. The Balaban J connectivity index is 2.44. The molecule has 0 fully saturated rings. The van der Waals surface area contributed by atoms with Gasteiger partial charge in [0.15, 0.2) is 0 Å². The molecule has 1 amide bonds. The number of hydrogen-bond donors (Lipinski definition) is 3. The van der Waals surface area contributed by atoms with Gasteiger partial charge in [-0.15, -0.1) is 0 Å². The highest BCUT2D eigenvalue weighted by molar-refractivity contribution is 6.09. The molecule has 29 heavy (non-hydrogen) atoms. The lowest BCUT2D eigenvalue weighted by molar-refractivity contribution is 0.102. The number of carbonyl (C=O) groups excluding carboxylic acids is 1. The highest BCUT2D eigenvalue weighted by atomic mass is 16.3. The molecule has 152 valence electrons. The van der Waals surface area contributed by atoms with E-state index >= 15 is 0 Å². The van der Waals surface area contributed by atoms with Crippen molar-refractivity contribution in [2.45, 2.75) is 52.2 Å². The number of pyridine rings is 1. The topological polar surface area (TPSA) is 82.5 Å². The first-order chi connectivity index (χ1) is 18.4. The second-order valence-corrected chi connectivity index (χ2v) is 7.64. The van der Waals surface area contributed by atoms with Crippen molar-refractivity contribution in [3.63, 3.8) is 0 Å². The molecule has 0 saturated heterocycles. The Morgan fingerprint density at radius 1 is 1.07 bits per heavy atom. The quantitative estimate of drug-likeness (QED) is 0.527. The number of aromatic nitrogens is 1. The van der Waals surface area contributed by atoms with E-state index in [4.69, 9.17) is 16.4 Å². The molecular formula is C24H28N2O3. The number of para-hydroxylation sites is 1. The summed E-state index contributed by atoms with van der Waals surface area (Å²) in [5, 5.41) is 24.3. The number of nitrogens with one attached hydrogen (secondary N) is 1. The third-order valence-electron chi connectivity index (χ3n) is 4.25. The monoisotopic (exact) mass is 404 g/mol. The lowest BCUT2D eigenvalue weighted by atomic mass is 9.79. The zero-order valence-electron chi connectivity index (χ0n) is 28.1. The predicted octanol–water partition coefficient (Wildman–Crippen LogP) is 5.49. The number of fused-ring (bicyclic) bond motifs is 1. The van der Waals surface area contributed by atoms with E-state index in [-0.39, 0.29) is 16.5 Å². The summed E-state index contributed by atoms with van der Waals surface area (Å²) in [6, 6.07) is 4.04. The second-order valence-electron chi connectivity index (χ2n) is 7.64. The van der Waals surface area contributed by atoms with Gasteiger partial charge in [0.1, 0.15) is 17.1 Å². The van der Waals surface area contributed by atoms with E-state index in [2.05, 4.69) is 10.3 Å². The second kappa shape index (κ2) is 7.07. The van der Waals surface area contributed by atoms with Crippen molar-refractivity contribution < 1.29 is 31.5 Å². The van der Waals surface area contributed by atoms with Crippen molar-refractivity contribution in [2.24, 2.45) is 0 Å². The number of hydrogen-bond acceptors (Lipinski definition) is 4. The Labute approximate surface area is 188 Å². The summed E-state index contributed by atoms with van der Waals surface area (Å²) in [7, 11) is 0. The molecule has 0 bridgehead atoms. The molecule has 0 aliphatic rings. The Kier molecular flexibility index (Phi) is 2.46. The highest BCUT2D eigenvalue weighted by Gasteiger charge is 2.26. The highest BCUT2D eigenvalue weighted by Crippen LogP contribution is 2.40. The van der Waals surface area contributed by atoms with Crippen molar-refractivity contribution in [1.29, 1.82) is 0 Å². The first-order valence-electron chi connectivity index (χ1n) is 14.7. The van der Waals surface area contributed by atoms with Gasteiger partial charge < -0.3 is 15.5 Å². The van der Waals surface area contributed by atoms with Crippen LogP contribution in [-0.4, -0.2) is 21.1 Å². The van der Waals surface area contributed by atoms with Crippen molar-refractivity contribution in [3.8, 4) is 11.5 Å². The van der Waals surface area contributed by atoms with Gasteiger partial charge in [-0.3, -0.25) is 9.78 Å². The molecule has 0 radical (unpaired) electrons. The first kappa shape index (κ1) is 10.1. The Bertz CT molecular complexity index is 1500. The smallest absolute Gasteiger partial charge is 0.261 e. The van der Waals surface area contributed by atoms with Crippen LogP contribution in [0.15, 0.2) is 42.5 Å². The van der Waals surface area contributed by atoms with E-state index in [1.807, 2.05) is 0 Å². The van der Waals surface area contributed by atoms with Gasteiger partial charge in [-0.25, -0.2) is 0 Å². The fourth-order valence-electron chi connectivity index (χ4n) is 2.83. The van der Waals surface area contributed by atoms with E-state index < -0.39 is 83.9 Å². The van der Waals surface area contributed by atoms with E-state index in [0.717, 1.165) is 0 Å². The lowest BCUT2D eigenvalue weighted by Crippen LogP contribution is -2.21. The van der Waals surface area contributed by atoms with Crippen molar-refractivity contribution in [2.75, 3.05) is 5.32 Å². The summed E-state index contributed by atoms with van der Waals surface area (Å²) in [6.07, 6.45) is -0.638. The van der Waals surface area contributed by atoms with Gasteiger partial charge in [0.25, 0.3) is 5.91 Å². The largest absolute Gasteiger partial charge is 0.508 e. The van der Waals surface area contributed by atoms with Crippen LogP contribution in [0.25, 0.3) is 10.9 Å². The number of nitrogens with zero attached hydrogens (tertiary/aromatic N) is 1. The van der Waals surface area contributed by atoms with Crippen LogP contribution in [0.1, 0.15) is 79.3 Å². The molecule has 5 heteroatoms. The molecule has 3 rings (SSSR count). The number of phenols is 1. The fourth-order valence-corrected chi connectivity index (χ4v) is 2.83. The summed E-state index contributed by atoms with van der Waals surface area (Å²) in [6.45, 7) is -7.06. The number of aromatic hydroxyl groups is 2. The lowest BCUT2D eigenvalue weighted by Gasteiger charge is -2.28. The molecule has 0 aliphatic carbocycles. The van der Waals surface area contributed by atoms with Crippen LogP contribution in [0.4, 0.5) is 5.69 Å². The number of amides is 1. The van der Waals surface area contributed by atoms with Gasteiger partial charge in [-0.1, -0.05) is 53.5 Å². The normalized spacial score (nSPS) is 19.6. The Morgan fingerprint density at radius 2 is 1.76 bits per heavy atom. The zero-order chi connectivity index (χ0) is 31.7. The van der Waals surface area contributed by atoms with Crippen LogP contribution in [0.2, 0.25) is 0 Å². The average Bonchev–Trinajstić information content (AvgIpc) is 2.76. The maximum atomic E-state index is 13.4. The van der Waals surface area contributed by atoms with E-state index in [9.17, 15) is 15.0 Å². The van der Waals surface area contributed by atoms with Crippen LogP contribution >= 0.6 is 0 Å². The van der Waals surface area contributed by atoms with Crippen molar-refractivity contribution in [3.05, 3.63) is 59.2 Å². The summed E-state index contributed by atoms with van der Waals surface area (Å²) in [4.78, 5) is 17.4. The summed E-state index contributed by atoms with van der Waals surface area (Å²) in [5.41, 5.74) is -7.69. The van der Waals surface area contributed by atoms with Crippen LogP contribution in [-0.2, 0) is 10.8 Å². The molecule has 0 spiro atoms. The van der Waals surface area contributed by atoms with Gasteiger partial charge >= 0.3 is 0 Å². The standard InChI is InChI=1S/C24H28N2O3/c1-23(2,3)16-11-17(24(4,5)6)20(27)12-19(16)26-22(29)15-13-25-18-10-8-7-9-14(18)21(15)28/h7-13,27H,1-6H3,(H,25,28)(H,26,29)/i4D3,5D3,6D3,11D,12D,13D. The average molecular weight is 405 g/mol. The number of benzene rings is 2. The third-order valence-corrected chi connectivity index (χ3v) is 4.25. The van der Waals surface area contributed by atoms with Crippen LogP contribution in [0.5, 0.6) is 11.5 Å². The summed E-state index contributed by atoms with van der Waals surface area (Å²) < 4.78 is 97.7. The molecule has 1 aromatic heterocycles. The van der Waals surface area contributed by atoms with E-state index in [1.165, 1.54) is 32.9 Å². The first-order valence-corrected chi connectivity index (χ1v) is 8.68. The minimum Gasteiger partial charge on any atom is -0.508 e. The van der Waals surface area contributed by atoms with Gasteiger partial charge in [-0.05, 0) is 40.1 Å². The van der Waals surface area contributed by atoms with Crippen LogP contribution in [0, 0.1) is 0 Å². The zero-order valence-corrected chi connectivity index (χ0v) is 16.1. The van der Waals surface area contributed by atoms with Crippen molar-refractivity contribution in [1.82, 2.24) is 4.98 Å². The molecule has 2 aromatic carbocycles. The van der Waals surface area contributed by atoms with Gasteiger partial charge in [0.2, 0.25) is 0 Å². The van der Waals surface area contributed by atoms with E-state index in [1.54, 1.807) is 12.1 Å². The van der Waals surface area contributed by atoms with Crippen LogP contribution in [0.3, 0.4) is 0 Å². The van der Waals surface area contributed by atoms with Gasteiger partial charge in [0.05, 0.1) is 9.63 Å². The molecule has 0 atom stereocenters. The van der Waals surface area contributed by atoms with Crippen LogP contribution < -0.4 is 5.32 Å². The van der Waals surface area contributed by atoms with Gasteiger partial charge in [0, 0.05) is 35.6 Å². The molecule has 0 aliphatic heterocycles. The molecule has 3 N–H and O–H groups in total. The minimum atomic E-state index is -3.83. The molecule has 0 saturated carbocycles. The maximum absolute atomic E-state index is 13.4. The maximum Gasteiger partial charge on any atom is 0.261 e. The Hall–Kier alpha value is -3.08. The molecule has 5 nitrogen and oxygen atoms in total. The summed E-state index contributed by atoms with van der Waals surface area (Å²) >= 11 is 0. The molecule has 3 aromatic rings. The minimum absolute atomic E-state index is 0.132. The number of anilines is 1. The fraction of sp³-hybridized carbons (Fsp3) is 0.333.